The number of nitrogens with zero attached hydrogens (tertiary/aromatic N) is 11. The van der Waals surface area contributed by atoms with E-state index in [0.29, 0.717) is 113 Å². The summed E-state index contributed by atoms with van der Waals surface area (Å²) < 4.78 is 28.7. The molecule has 25 heteroatoms. The number of likely N-dealkylation sites (N-methyl/N-ethyl adjacent to an activating group) is 1. The van der Waals surface area contributed by atoms with Crippen LogP contribution in [0.2, 0.25) is 0 Å². The van der Waals surface area contributed by atoms with Gasteiger partial charge in [-0.1, -0.05) is 86.1 Å². The molecule has 24 nitrogen and oxygen atoms in total. The number of carbonyl (C=O) groups is 8. The normalized spacial score (nSPS) is 14.3. The fraction of sp³-hybridized carbons (Fsp3) is 0.268. The van der Waals surface area contributed by atoms with Gasteiger partial charge in [-0.2, -0.15) is 0 Å². The summed E-state index contributed by atoms with van der Waals surface area (Å²) in [6.07, 6.45) is 13.8. The fourth-order valence-electron chi connectivity index (χ4n) is 15.0. The van der Waals surface area contributed by atoms with E-state index in [1.807, 2.05) is 119 Å². The molecular formula is C82H83N14O10S+. The van der Waals surface area contributed by atoms with Crippen LogP contribution < -0.4 is 20.7 Å². The zero-order valence-corrected chi connectivity index (χ0v) is 60.9. The molecule has 107 heavy (non-hydrogen) atoms. The minimum atomic E-state index is -4.07. The Morgan fingerprint density at radius 2 is 0.888 bits per heavy atom. The quantitative estimate of drug-likeness (QED) is 0.0224. The first kappa shape index (κ1) is 72.5. The maximum atomic E-state index is 13.8. The predicted octanol–water partition coefficient (Wildman–Crippen LogP) is 9.22. The highest BCUT2D eigenvalue weighted by atomic mass is 32.2. The monoisotopic (exact) mass is 1460 g/mol. The Bertz CT molecular complexity index is 5400. The molecular weight excluding hydrogens is 1370 g/mol. The molecule has 11 aromatic rings. The first-order chi connectivity index (χ1) is 51.7. The zero-order chi connectivity index (χ0) is 74.8. The zero-order valence-electron chi connectivity index (χ0n) is 60.1. The minimum absolute atomic E-state index is 0.0928. The van der Waals surface area contributed by atoms with Gasteiger partial charge >= 0.3 is 0 Å². The third-order valence-corrected chi connectivity index (χ3v) is 21.3. The SMILES string of the molecule is CCCc1ccc2c3c(cccc13)C(=O)N(CCNCCCN(CCN1C(=O)c3cccc4c(-n5ccnc5)ccc(c34)C1=O)c1ccccc1)C2=O.C[N+](C)(C)CCN(CCCNCCN1C(=O)c2cccc3cc(S(N)(=O)=O)cc(c23)C1=O)CCN1C(=O)c2cccc3c(-n4ccnc4)ccc(c23)C1=O. The van der Waals surface area contributed by atoms with Crippen LogP contribution in [0, 0.1) is 0 Å². The second kappa shape index (κ2) is 30.6. The summed E-state index contributed by atoms with van der Waals surface area (Å²) in [5, 5.41) is 17.7. The molecule has 0 spiro atoms. The third kappa shape index (κ3) is 14.5. The van der Waals surface area contributed by atoms with Gasteiger partial charge in [0.15, 0.2) is 0 Å². The van der Waals surface area contributed by atoms with E-state index in [9.17, 15) is 46.8 Å². The van der Waals surface area contributed by atoms with Crippen molar-refractivity contribution in [3.05, 3.63) is 239 Å². The van der Waals surface area contributed by atoms with E-state index < -0.39 is 21.8 Å². The number of hydrogen-bond acceptors (Lipinski definition) is 16. The number of anilines is 1. The van der Waals surface area contributed by atoms with Crippen molar-refractivity contribution in [1.29, 1.82) is 0 Å². The molecule has 4 aliphatic heterocycles. The van der Waals surface area contributed by atoms with Crippen LogP contribution in [0.25, 0.3) is 54.5 Å². The largest absolute Gasteiger partial charge is 0.370 e. The number of rotatable bonds is 29. The number of aromatic nitrogens is 4. The van der Waals surface area contributed by atoms with E-state index in [4.69, 9.17) is 5.14 Å². The van der Waals surface area contributed by atoms with E-state index in [-0.39, 0.29) is 72.1 Å². The highest BCUT2D eigenvalue weighted by molar-refractivity contribution is 7.89. The van der Waals surface area contributed by atoms with Crippen LogP contribution >= 0.6 is 0 Å². The van der Waals surface area contributed by atoms with E-state index in [1.54, 1.807) is 67.5 Å². The minimum Gasteiger partial charge on any atom is -0.370 e. The molecule has 8 amide bonds. The molecule has 0 fully saturated rings. The number of nitrogens with one attached hydrogen (secondary N) is 2. The lowest BCUT2D eigenvalue weighted by Gasteiger charge is -2.32. The summed E-state index contributed by atoms with van der Waals surface area (Å²) in [6, 6.07) is 45.6. The Labute approximate surface area is 619 Å². The van der Waals surface area contributed by atoms with Crippen molar-refractivity contribution in [3.8, 4) is 11.4 Å². The van der Waals surface area contributed by atoms with Gasteiger partial charge in [0.2, 0.25) is 10.0 Å². The van der Waals surface area contributed by atoms with Crippen molar-refractivity contribution in [1.82, 2.24) is 54.2 Å². The number of imide groups is 4. The summed E-state index contributed by atoms with van der Waals surface area (Å²) >= 11 is 0. The standard InChI is InChI=1S/C43H40N6O4.C39H43N8O6S/c1-2-9-29-16-17-35-38-31(29)12-6-14-33(38)40(50)48(42(35)52)25-22-44-20-8-23-46(30-10-4-3-5-11-30)26-27-49-41(51)34-15-7-13-32-37(47-24-21-45-28-47)19-18-36(39(32)34)43(49)53;1-47(2,3)22-21-43(19-20-46-37(49)30-10-5-8-28-33(44-17-14-42-25-44)12-11-31(35(28)30)38(46)50)16-6-13-41-15-18-45-36(48)29-9-4-7-26-23-27(54(40,52)53)24-32(34(26)29)39(45)51/h3-7,10-19,21,24,28,44H,2,8-9,20,22-23,25-27H2,1H3;4-5,7-12,14,17,23-25,41H,6,13,15-16,18-22H2,1-3H3,(H2,40,52,53)/q;+1. The van der Waals surface area contributed by atoms with Gasteiger partial charge in [-0.25, -0.2) is 23.5 Å². The number of imidazole rings is 2. The molecule has 0 saturated carbocycles. The highest BCUT2D eigenvalue weighted by Gasteiger charge is 2.38. The van der Waals surface area contributed by atoms with Crippen LogP contribution in [-0.2, 0) is 16.4 Å². The molecule has 0 saturated heterocycles. The number of para-hydroxylation sites is 1. The summed E-state index contributed by atoms with van der Waals surface area (Å²) in [5.41, 5.74) is 7.52. The maximum absolute atomic E-state index is 13.8. The summed E-state index contributed by atoms with van der Waals surface area (Å²) in [6.45, 7) is 8.93. The van der Waals surface area contributed by atoms with Crippen LogP contribution in [0.1, 0.15) is 115 Å². The topological polar surface area (TPSA) is 276 Å². The van der Waals surface area contributed by atoms with Gasteiger partial charge < -0.3 is 29.2 Å². The lowest BCUT2D eigenvalue weighted by molar-refractivity contribution is -0.869. The molecule has 0 radical (unpaired) electrons. The predicted molar refractivity (Wildman–Crippen MR) is 410 cm³/mol. The van der Waals surface area contributed by atoms with Gasteiger partial charge in [0, 0.05) is 173 Å². The van der Waals surface area contributed by atoms with Crippen molar-refractivity contribution in [3.63, 3.8) is 0 Å². The first-order valence-corrected chi connectivity index (χ1v) is 37.6. The number of sulfonamides is 1. The number of hydrogen-bond donors (Lipinski definition) is 3. The Hall–Kier alpha value is -11.5. The Balaban J connectivity index is 0.000000179. The number of amides is 8. The first-order valence-electron chi connectivity index (χ1n) is 36.1. The van der Waals surface area contributed by atoms with Crippen molar-refractivity contribution in [2.24, 2.45) is 5.14 Å². The van der Waals surface area contributed by atoms with Crippen LogP contribution in [0.5, 0.6) is 0 Å². The number of primary sulfonamides is 1. The molecule has 546 valence electrons. The van der Waals surface area contributed by atoms with E-state index in [2.05, 4.69) is 58.5 Å². The van der Waals surface area contributed by atoms with Gasteiger partial charge in [0.05, 0.1) is 56.6 Å². The van der Waals surface area contributed by atoms with E-state index >= 15 is 0 Å². The number of nitrogens with two attached hydrogens (primary N) is 1. The molecule has 2 aromatic heterocycles. The second-order valence-corrected chi connectivity index (χ2v) is 29.8. The smallest absolute Gasteiger partial charge is 0.261 e. The lowest BCUT2D eigenvalue weighted by atomic mass is 9.90. The average molecular weight is 1460 g/mol. The van der Waals surface area contributed by atoms with Crippen LogP contribution in [-0.4, -0.2) is 217 Å². The number of carbonyl (C=O) groups excluding carboxylic acids is 8. The highest BCUT2D eigenvalue weighted by Crippen LogP contribution is 2.38. The van der Waals surface area contributed by atoms with Crippen molar-refractivity contribution >= 4 is 106 Å². The van der Waals surface area contributed by atoms with E-state index in [1.165, 1.54) is 26.8 Å². The van der Waals surface area contributed by atoms with E-state index in [0.717, 1.165) is 92.3 Å². The number of aryl methyl sites for hydroxylation is 1. The van der Waals surface area contributed by atoms with Gasteiger partial charge in [0.25, 0.3) is 47.3 Å². The molecule has 4 N–H and O–H groups in total. The fourth-order valence-corrected chi connectivity index (χ4v) is 15.6. The average Bonchev–Trinajstić information content (AvgIpc) is 1.37. The second-order valence-electron chi connectivity index (χ2n) is 28.3. The molecule has 9 aromatic carbocycles. The Kier molecular flexibility index (Phi) is 20.7. The van der Waals surface area contributed by atoms with Crippen molar-refractivity contribution < 1.29 is 51.3 Å². The van der Waals surface area contributed by atoms with Crippen LogP contribution in [0.15, 0.2) is 194 Å². The lowest BCUT2D eigenvalue weighted by Crippen LogP contribution is -2.47. The van der Waals surface area contributed by atoms with Gasteiger partial charge in [-0.15, -0.1) is 0 Å². The molecule has 0 aliphatic carbocycles. The summed E-state index contributed by atoms with van der Waals surface area (Å²) in [5.74, 6) is -2.72. The third-order valence-electron chi connectivity index (χ3n) is 20.4. The molecule has 4 aliphatic rings. The number of quaternary nitrogens is 1. The molecule has 6 heterocycles. The van der Waals surface area contributed by atoms with Crippen molar-refractivity contribution in [2.75, 3.05) is 118 Å². The molecule has 0 unspecified atom stereocenters. The Morgan fingerprint density at radius 3 is 1.38 bits per heavy atom. The van der Waals surface area contributed by atoms with Crippen LogP contribution in [0.3, 0.4) is 0 Å². The van der Waals surface area contributed by atoms with Gasteiger partial charge in [-0.05, 0) is 134 Å². The molecule has 0 atom stereocenters. The van der Waals surface area contributed by atoms with Crippen LogP contribution in [0.4, 0.5) is 5.69 Å². The Morgan fingerprint density at radius 1 is 0.439 bits per heavy atom. The maximum Gasteiger partial charge on any atom is 0.261 e. The number of benzene rings is 9. The summed E-state index contributed by atoms with van der Waals surface area (Å²) in [4.78, 5) is 127. The van der Waals surface area contributed by atoms with Crippen molar-refractivity contribution in [2.45, 2.75) is 37.5 Å². The molecule has 0 bridgehead atoms. The van der Waals surface area contributed by atoms with Gasteiger partial charge in [-0.3, -0.25) is 62.9 Å². The molecule has 15 rings (SSSR count). The summed E-state index contributed by atoms with van der Waals surface area (Å²) in [7, 11) is 2.27. The van der Waals surface area contributed by atoms with Gasteiger partial charge in [0.1, 0.15) is 0 Å².